The Balaban J connectivity index is 2.56. The third-order valence-corrected chi connectivity index (χ3v) is 3.68. The molecule has 1 rings (SSSR count). The largest absolute Gasteiger partial charge is 0.0654 e. The molecule has 0 spiro atoms. The van der Waals surface area contributed by atoms with Crippen molar-refractivity contribution in [1.29, 1.82) is 0 Å². The predicted molar refractivity (Wildman–Crippen MR) is 59.2 cm³/mol. The summed E-state index contributed by atoms with van der Waals surface area (Å²) in [4.78, 5) is 0. The van der Waals surface area contributed by atoms with Gasteiger partial charge < -0.3 is 0 Å². The van der Waals surface area contributed by atoms with Crippen molar-refractivity contribution in [3.63, 3.8) is 0 Å². The Hall–Kier alpha value is -0.433. The zero-order chi connectivity index (χ0) is 8.97. The van der Waals surface area contributed by atoms with E-state index in [1.165, 1.54) is 24.8 Å². The van der Waals surface area contributed by atoms with Crippen LogP contribution in [0.15, 0.2) is 23.8 Å². The van der Waals surface area contributed by atoms with Gasteiger partial charge in [-0.05, 0) is 23.6 Å². The molecule has 0 unspecified atom stereocenters. The van der Waals surface area contributed by atoms with Crippen LogP contribution in [0.5, 0.6) is 0 Å². The average molecular weight is 178 g/mol. The maximum Gasteiger partial charge on any atom is 0.0128 e. The van der Waals surface area contributed by atoms with E-state index >= 15 is 0 Å². The van der Waals surface area contributed by atoms with Crippen LogP contribution >= 0.6 is 0 Å². The van der Waals surface area contributed by atoms with Crippen LogP contribution in [0.4, 0.5) is 0 Å². The smallest absolute Gasteiger partial charge is 0.0128 e. The van der Waals surface area contributed by atoms with Gasteiger partial charge in [-0.25, -0.2) is 0 Å². The Labute approximate surface area is 77.2 Å². The first-order chi connectivity index (χ1) is 5.74. The number of unbranched alkanes of at least 4 members (excludes halogenated alkanes) is 1. The lowest BCUT2D eigenvalue weighted by Crippen LogP contribution is -2.00. The number of allylic oxidation sites excluding steroid dienone is 4. The van der Waals surface area contributed by atoms with Gasteiger partial charge in [0.15, 0.2) is 0 Å². The third-order valence-electron chi connectivity index (χ3n) is 2.21. The topological polar surface area (TPSA) is 0 Å². The summed E-state index contributed by atoms with van der Waals surface area (Å²) in [5, 5.41) is 1.59. The summed E-state index contributed by atoms with van der Waals surface area (Å²) < 4.78 is 0. The zero-order valence-corrected chi connectivity index (χ0v) is 9.35. The summed E-state index contributed by atoms with van der Waals surface area (Å²) in [6.07, 6.45) is 10.9. The van der Waals surface area contributed by atoms with E-state index in [-0.39, 0.29) is 8.41 Å². The van der Waals surface area contributed by atoms with Gasteiger partial charge in [-0.3, -0.25) is 0 Å². The van der Waals surface area contributed by atoms with Crippen LogP contribution in [-0.4, -0.2) is 13.6 Å². The molecule has 1 aliphatic rings. The molecule has 0 bridgehead atoms. The first-order valence-electron chi connectivity index (χ1n) is 4.80. The second-order valence-corrected chi connectivity index (χ2v) is 6.19. The van der Waals surface area contributed by atoms with Crippen LogP contribution in [0, 0.1) is 0 Å². The monoisotopic (exact) mass is 178 g/mol. The van der Waals surface area contributed by atoms with E-state index < -0.39 is 0 Å². The van der Waals surface area contributed by atoms with E-state index in [2.05, 4.69) is 38.2 Å². The fourth-order valence-electron chi connectivity index (χ4n) is 1.34. The second-order valence-electron chi connectivity index (χ2n) is 3.61. The van der Waals surface area contributed by atoms with Gasteiger partial charge in [-0.15, -0.1) is 0 Å². The minimum atomic E-state index is -0.216. The Kier molecular flexibility index (Phi) is 3.67. The molecular weight excluding hydrogens is 160 g/mol. The normalized spacial score (nSPS) is 15.2. The molecule has 0 aromatic rings. The predicted octanol–water partition coefficient (Wildman–Crippen LogP) is 3.18. The van der Waals surface area contributed by atoms with Gasteiger partial charge in [0.05, 0.1) is 0 Å². The average Bonchev–Trinajstić information content (AvgIpc) is 2.48. The third kappa shape index (κ3) is 2.56. The molecule has 0 saturated carbocycles. The molecule has 12 heavy (non-hydrogen) atoms. The first-order valence-corrected chi connectivity index (χ1v) is 7.30. The van der Waals surface area contributed by atoms with E-state index in [4.69, 9.17) is 0 Å². The van der Waals surface area contributed by atoms with Crippen molar-refractivity contribution in [3.8, 4) is 0 Å². The van der Waals surface area contributed by atoms with Gasteiger partial charge in [-0.2, -0.15) is 0 Å². The molecule has 0 nitrogen and oxygen atoms in total. The molecule has 0 aromatic heterocycles. The molecule has 0 heterocycles. The van der Waals surface area contributed by atoms with E-state index in [1.54, 1.807) is 5.17 Å². The highest BCUT2D eigenvalue weighted by Gasteiger charge is 2.02. The molecule has 66 valence electrons. The summed E-state index contributed by atoms with van der Waals surface area (Å²) in [6.45, 7) is 6.95. The van der Waals surface area contributed by atoms with Crippen molar-refractivity contribution in [2.24, 2.45) is 0 Å². The molecule has 0 radical (unpaired) electrons. The summed E-state index contributed by atoms with van der Waals surface area (Å²) in [6, 6.07) is 0. The quantitative estimate of drug-likeness (QED) is 0.582. The van der Waals surface area contributed by atoms with E-state index in [0.717, 1.165) is 0 Å². The number of hydrogen-bond donors (Lipinski definition) is 0. The minimum absolute atomic E-state index is 0.216. The molecule has 1 aliphatic carbocycles. The van der Waals surface area contributed by atoms with Crippen molar-refractivity contribution < 1.29 is 0 Å². The van der Waals surface area contributed by atoms with Crippen LogP contribution in [0.1, 0.15) is 26.2 Å². The standard InChI is InChI=1S/C11H18Si/c1-4-5-6-10-7-8-11(9-10)12(2)3/h7-9H,4-6H2,1-3H3. The maximum absolute atomic E-state index is 2.39. The van der Waals surface area contributed by atoms with E-state index in [9.17, 15) is 0 Å². The van der Waals surface area contributed by atoms with Crippen LogP contribution in [-0.2, 0) is 0 Å². The molecule has 0 N–H and O–H groups in total. The van der Waals surface area contributed by atoms with Gasteiger partial charge in [0, 0.05) is 8.41 Å². The Bertz CT molecular complexity index is 240. The number of rotatable bonds is 3. The first kappa shape index (κ1) is 9.65. The van der Waals surface area contributed by atoms with Crippen molar-refractivity contribution in [3.05, 3.63) is 23.8 Å². The summed E-state index contributed by atoms with van der Waals surface area (Å²) in [5.74, 6) is 0. The minimum Gasteiger partial charge on any atom is -0.0654 e. The number of hydrogen-bond acceptors (Lipinski definition) is 0. The van der Waals surface area contributed by atoms with Gasteiger partial charge in [-0.1, -0.05) is 44.7 Å². The van der Waals surface area contributed by atoms with Crippen LogP contribution < -0.4 is 0 Å². The highest BCUT2D eigenvalue weighted by Crippen LogP contribution is 2.14. The fourth-order valence-corrected chi connectivity index (χ4v) is 2.23. The van der Waals surface area contributed by atoms with Crippen molar-refractivity contribution in [2.75, 3.05) is 0 Å². The van der Waals surface area contributed by atoms with E-state index in [0.29, 0.717) is 0 Å². The molecule has 0 amide bonds. The molecule has 0 fully saturated rings. The molecule has 0 atom stereocenters. The SMILES string of the molecule is CCCCC1=CC(=[Si](C)C)C=C1. The van der Waals surface area contributed by atoms with Crippen LogP contribution in [0.25, 0.3) is 0 Å². The second kappa shape index (κ2) is 4.56. The lowest BCUT2D eigenvalue weighted by Gasteiger charge is -1.95. The van der Waals surface area contributed by atoms with E-state index in [1.807, 2.05) is 0 Å². The molecular formula is C11H18Si. The van der Waals surface area contributed by atoms with Gasteiger partial charge in [0.2, 0.25) is 0 Å². The van der Waals surface area contributed by atoms with Gasteiger partial charge in [0.25, 0.3) is 0 Å². The molecule has 0 aliphatic heterocycles. The highest BCUT2D eigenvalue weighted by atomic mass is 28.2. The van der Waals surface area contributed by atoms with Crippen molar-refractivity contribution in [2.45, 2.75) is 39.3 Å². The maximum atomic E-state index is 2.39. The molecule has 0 saturated heterocycles. The zero-order valence-electron chi connectivity index (χ0n) is 8.35. The van der Waals surface area contributed by atoms with Crippen LogP contribution in [0.3, 0.4) is 0 Å². The van der Waals surface area contributed by atoms with Gasteiger partial charge >= 0.3 is 0 Å². The molecule has 0 aromatic carbocycles. The lowest BCUT2D eigenvalue weighted by molar-refractivity contribution is 0.799. The Morgan fingerprint density at radius 1 is 1.25 bits per heavy atom. The van der Waals surface area contributed by atoms with Crippen LogP contribution in [0.2, 0.25) is 13.1 Å². The Morgan fingerprint density at radius 2 is 2.00 bits per heavy atom. The summed E-state index contributed by atoms with van der Waals surface area (Å²) in [7, 11) is -0.216. The summed E-state index contributed by atoms with van der Waals surface area (Å²) >= 11 is 0. The summed E-state index contributed by atoms with van der Waals surface area (Å²) in [5.41, 5.74) is 1.54. The molecule has 1 heteroatoms. The lowest BCUT2D eigenvalue weighted by atomic mass is 10.1. The van der Waals surface area contributed by atoms with Crippen molar-refractivity contribution in [1.82, 2.24) is 0 Å². The fraction of sp³-hybridized carbons (Fsp3) is 0.545. The Morgan fingerprint density at radius 3 is 2.50 bits per heavy atom. The van der Waals surface area contributed by atoms with Gasteiger partial charge in [0.1, 0.15) is 0 Å². The highest BCUT2D eigenvalue weighted by molar-refractivity contribution is 6.73. The van der Waals surface area contributed by atoms with Crippen molar-refractivity contribution >= 4 is 13.6 Å².